The van der Waals surface area contributed by atoms with Crippen LogP contribution in [0.4, 0.5) is 13.2 Å². The minimum Gasteiger partial charge on any atom is -0.396 e. The Balaban J connectivity index is 1.82. The van der Waals surface area contributed by atoms with Gasteiger partial charge in [0, 0.05) is 30.1 Å². The number of hydrogen-bond acceptors (Lipinski definition) is 3. The van der Waals surface area contributed by atoms with Crippen LogP contribution in [0.5, 0.6) is 0 Å². The lowest BCUT2D eigenvalue weighted by molar-refractivity contribution is -0.139. The largest absolute Gasteiger partial charge is 0.417 e. The number of nitrogens with zero attached hydrogens (tertiary/aromatic N) is 1. The molecule has 2 aromatic carbocycles. The minimum atomic E-state index is -4.77. The Labute approximate surface area is 173 Å². The fourth-order valence-corrected chi connectivity index (χ4v) is 5.56. The van der Waals surface area contributed by atoms with Gasteiger partial charge in [0.2, 0.25) is 10.0 Å². The summed E-state index contributed by atoms with van der Waals surface area (Å²) in [5.74, 6) is 0. The van der Waals surface area contributed by atoms with Gasteiger partial charge in [-0.2, -0.15) is 17.5 Å². The summed E-state index contributed by atoms with van der Waals surface area (Å²) in [5, 5.41) is 10.6. The van der Waals surface area contributed by atoms with E-state index in [1.165, 1.54) is 12.1 Å². The second-order valence-electron chi connectivity index (χ2n) is 7.32. The number of sulfonamides is 1. The first kappa shape index (κ1) is 22.1. The number of halogens is 4. The molecule has 1 saturated heterocycles. The fourth-order valence-electron chi connectivity index (χ4n) is 3.70. The summed E-state index contributed by atoms with van der Waals surface area (Å²) in [6, 6.07) is 11.4. The summed E-state index contributed by atoms with van der Waals surface area (Å²) >= 11 is 6.21. The van der Waals surface area contributed by atoms with E-state index in [9.17, 15) is 26.7 Å². The molecule has 2 aromatic rings. The fraction of sp³-hybridized carbons (Fsp3) is 0.400. The molecule has 0 saturated carbocycles. The summed E-state index contributed by atoms with van der Waals surface area (Å²) < 4.78 is 66.7. The van der Waals surface area contributed by atoms with Gasteiger partial charge in [0.15, 0.2) is 0 Å². The van der Waals surface area contributed by atoms with Crippen LogP contribution in [0.3, 0.4) is 0 Å². The maximum absolute atomic E-state index is 13.3. The number of benzene rings is 2. The molecule has 0 bridgehead atoms. The van der Waals surface area contributed by atoms with E-state index in [0.717, 1.165) is 22.0 Å². The van der Waals surface area contributed by atoms with Crippen LogP contribution in [0.25, 0.3) is 0 Å². The average molecular weight is 448 g/mol. The molecule has 1 aliphatic heterocycles. The lowest BCUT2D eigenvalue weighted by Gasteiger charge is -2.40. The maximum atomic E-state index is 13.3. The zero-order valence-corrected chi connectivity index (χ0v) is 17.1. The van der Waals surface area contributed by atoms with Gasteiger partial charge in [0.1, 0.15) is 0 Å². The van der Waals surface area contributed by atoms with E-state index in [-0.39, 0.29) is 19.7 Å². The molecule has 0 aromatic heterocycles. The number of rotatable bonds is 5. The molecule has 0 aliphatic carbocycles. The summed E-state index contributed by atoms with van der Waals surface area (Å²) in [7, 11) is -4.31. The molecule has 1 fully saturated rings. The third kappa shape index (κ3) is 4.60. The summed E-state index contributed by atoms with van der Waals surface area (Å²) in [4.78, 5) is -0.741. The van der Waals surface area contributed by atoms with Crippen molar-refractivity contribution < 1.29 is 26.7 Å². The standard InChI is InChI=1S/C20H21ClF3NO3S/c21-17-7-3-1-5-15(17)13-19(14-26)9-11-25(12-10-19)29(27,28)18-8-4-2-6-16(18)20(22,23)24/h1-8,26H,9-14H2. The predicted molar refractivity (Wildman–Crippen MR) is 104 cm³/mol. The van der Waals surface area contributed by atoms with Crippen molar-refractivity contribution in [3.05, 3.63) is 64.7 Å². The second-order valence-corrected chi connectivity index (χ2v) is 9.64. The van der Waals surface area contributed by atoms with Crippen LogP contribution in [0.15, 0.2) is 53.4 Å². The highest BCUT2D eigenvalue weighted by Crippen LogP contribution is 2.40. The molecule has 0 amide bonds. The SMILES string of the molecule is O=S(=O)(c1ccccc1C(F)(F)F)N1CCC(CO)(Cc2ccccc2Cl)CC1. The summed E-state index contributed by atoms with van der Waals surface area (Å²) in [6.07, 6.45) is -3.65. The van der Waals surface area contributed by atoms with E-state index in [1.807, 2.05) is 12.1 Å². The van der Waals surface area contributed by atoms with Crippen molar-refractivity contribution in [2.24, 2.45) is 5.41 Å². The van der Waals surface area contributed by atoms with Gasteiger partial charge < -0.3 is 5.11 Å². The number of alkyl halides is 3. The van der Waals surface area contributed by atoms with E-state index in [1.54, 1.807) is 12.1 Å². The maximum Gasteiger partial charge on any atom is 0.417 e. The van der Waals surface area contributed by atoms with E-state index in [0.29, 0.717) is 24.3 Å². The van der Waals surface area contributed by atoms with Gasteiger partial charge in [-0.3, -0.25) is 0 Å². The Hall–Kier alpha value is -1.61. The van der Waals surface area contributed by atoms with Crippen molar-refractivity contribution in [2.75, 3.05) is 19.7 Å². The van der Waals surface area contributed by atoms with Gasteiger partial charge in [-0.05, 0) is 43.0 Å². The Kier molecular flexibility index (Phi) is 6.29. The van der Waals surface area contributed by atoms with Gasteiger partial charge >= 0.3 is 6.18 Å². The van der Waals surface area contributed by atoms with E-state index < -0.39 is 32.1 Å². The van der Waals surface area contributed by atoms with Crippen LogP contribution in [-0.4, -0.2) is 37.5 Å². The molecule has 1 N–H and O–H groups in total. The smallest absolute Gasteiger partial charge is 0.396 e. The van der Waals surface area contributed by atoms with Crippen LogP contribution in [-0.2, 0) is 22.6 Å². The molecule has 0 unspecified atom stereocenters. The number of aliphatic hydroxyl groups is 1. The molecule has 9 heteroatoms. The van der Waals surface area contributed by atoms with Crippen LogP contribution in [0.2, 0.25) is 5.02 Å². The zero-order chi connectivity index (χ0) is 21.3. The average Bonchev–Trinajstić information content (AvgIpc) is 2.69. The van der Waals surface area contributed by atoms with Gasteiger partial charge in [-0.1, -0.05) is 41.9 Å². The first-order chi connectivity index (χ1) is 13.6. The van der Waals surface area contributed by atoms with Gasteiger partial charge in [0.25, 0.3) is 0 Å². The first-order valence-corrected chi connectivity index (χ1v) is 10.9. The topological polar surface area (TPSA) is 57.6 Å². The number of aliphatic hydroxyl groups excluding tert-OH is 1. The molecule has 1 aliphatic rings. The van der Waals surface area contributed by atoms with Crippen molar-refractivity contribution in [2.45, 2.75) is 30.3 Å². The Morgan fingerprint density at radius 2 is 1.62 bits per heavy atom. The molecule has 4 nitrogen and oxygen atoms in total. The Bertz CT molecular complexity index is 971. The first-order valence-electron chi connectivity index (χ1n) is 9.10. The van der Waals surface area contributed by atoms with Crippen molar-refractivity contribution in [3.63, 3.8) is 0 Å². The lowest BCUT2D eigenvalue weighted by Crippen LogP contribution is -2.45. The van der Waals surface area contributed by atoms with Crippen molar-refractivity contribution in [1.29, 1.82) is 0 Å². The second kappa shape index (κ2) is 8.26. The van der Waals surface area contributed by atoms with Gasteiger partial charge in [0.05, 0.1) is 10.5 Å². The lowest BCUT2D eigenvalue weighted by atomic mass is 9.75. The van der Waals surface area contributed by atoms with Crippen molar-refractivity contribution >= 4 is 21.6 Å². The molecular weight excluding hydrogens is 427 g/mol. The summed E-state index contributed by atoms with van der Waals surface area (Å²) in [6.45, 7) is -0.107. The quantitative estimate of drug-likeness (QED) is 0.740. The third-order valence-electron chi connectivity index (χ3n) is 5.45. The van der Waals surface area contributed by atoms with E-state index in [2.05, 4.69) is 0 Å². The normalized spacial score (nSPS) is 18.0. The monoisotopic (exact) mass is 447 g/mol. The Morgan fingerprint density at radius 1 is 1.03 bits per heavy atom. The zero-order valence-electron chi connectivity index (χ0n) is 15.5. The van der Waals surface area contributed by atoms with Crippen LogP contribution in [0, 0.1) is 5.41 Å². The predicted octanol–water partition coefficient (Wildman–Crippen LogP) is 4.36. The third-order valence-corrected chi connectivity index (χ3v) is 7.78. The molecule has 0 radical (unpaired) electrons. The highest BCUT2D eigenvalue weighted by Gasteiger charge is 2.42. The minimum absolute atomic E-state index is 0.0273. The Morgan fingerprint density at radius 3 is 2.21 bits per heavy atom. The van der Waals surface area contributed by atoms with Gasteiger partial charge in [-0.15, -0.1) is 0 Å². The number of hydrogen-bond donors (Lipinski definition) is 1. The highest BCUT2D eigenvalue weighted by molar-refractivity contribution is 7.89. The van der Waals surface area contributed by atoms with Crippen LogP contribution < -0.4 is 0 Å². The van der Waals surface area contributed by atoms with Crippen molar-refractivity contribution in [1.82, 2.24) is 4.31 Å². The molecule has 0 atom stereocenters. The van der Waals surface area contributed by atoms with Gasteiger partial charge in [-0.25, -0.2) is 8.42 Å². The molecule has 0 spiro atoms. The molecule has 1 heterocycles. The van der Waals surface area contributed by atoms with Crippen LogP contribution >= 0.6 is 11.6 Å². The molecular formula is C20H21ClF3NO3S. The molecule has 29 heavy (non-hydrogen) atoms. The van der Waals surface area contributed by atoms with E-state index >= 15 is 0 Å². The van der Waals surface area contributed by atoms with Crippen LogP contribution in [0.1, 0.15) is 24.0 Å². The van der Waals surface area contributed by atoms with E-state index in [4.69, 9.17) is 11.6 Å². The number of piperidine rings is 1. The molecule has 3 rings (SSSR count). The summed E-state index contributed by atoms with van der Waals surface area (Å²) in [5.41, 5.74) is -0.891. The molecule has 158 valence electrons. The highest BCUT2D eigenvalue weighted by atomic mass is 35.5. The van der Waals surface area contributed by atoms with Crippen molar-refractivity contribution in [3.8, 4) is 0 Å².